The lowest BCUT2D eigenvalue weighted by Crippen LogP contribution is -1.90. The standard InChI is InChI=1S/C22H18N2OS/c1-16-7-9-17(10-8-16)21-15-26-22(24-21)23-18-11-13-20(14-12-18)25-19-5-3-2-4-6-19/h2-15H,1H3,(H,23,24). The maximum Gasteiger partial charge on any atom is 0.187 e. The molecule has 0 amide bonds. The van der Waals surface area contributed by atoms with Gasteiger partial charge in [-0.15, -0.1) is 11.3 Å². The third-order valence-electron chi connectivity index (χ3n) is 3.94. The first-order valence-electron chi connectivity index (χ1n) is 8.39. The Bertz CT molecular complexity index is 977. The van der Waals surface area contributed by atoms with Crippen molar-refractivity contribution < 1.29 is 4.74 Å². The van der Waals surface area contributed by atoms with E-state index in [9.17, 15) is 0 Å². The Morgan fingerprint density at radius 2 is 1.50 bits per heavy atom. The molecule has 26 heavy (non-hydrogen) atoms. The van der Waals surface area contributed by atoms with E-state index in [-0.39, 0.29) is 0 Å². The van der Waals surface area contributed by atoms with E-state index in [0.29, 0.717) is 0 Å². The summed E-state index contributed by atoms with van der Waals surface area (Å²) in [5, 5.41) is 6.29. The van der Waals surface area contributed by atoms with Gasteiger partial charge >= 0.3 is 0 Å². The summed E-state index contributed by atoms with van der Waals surface area (Å²) in [4.78, 5) is 4.67. The van der Waals surface area contributed by atoms with E-state index in [4.69, 9.17) is 4.74 Å². The first kappa shape index (κ1) is 16.4. The molecule has 0 radical (unpaired) electrons. The molecular weight excluding hydrogens is 340 g/mol. The molecule has 4 heteroatoms. The number of nitrogens with zero attached hydrogens (tertiary/aromatic N) is 1. The minimum atomic E-state index is 0.807. The first-order chi connectivity index (χ1) is 12.8. The maximum atomic E-state index is 5.81. The van der Waals surface area contributed by atoms with E-state index in [1.807, 2.05) is 54.6 Å². The van der Waals surface area contributed by atoms with Crippen LogP contribution < -0.4 is 10.1 Å². The Morgan fingerprint density at radius 1 is 0.808 bits per heavy atom. The average Bonchev–Trinajstić information content (AvgIpc) is 3.13. The summed E-state index contributed by atoms with van der Waals surface area (Å²) in [6.07, 6.45) is 0. The van der Waals surface area contributed by atoms with Crippen molar-refractivity contribution in [3.8, 4) is 22.8 Å². The van der Waals surface area contributed by atoms with Crippen molar-refractivity contribution in [1.82, 2.24) is 4.98 Å². The quantitative estimate of drug-likeness (QED) is 0.433. The van der Waals surface area contributed by atoms with Gasteiger partial charge in [0, 0.05) is 16.6 Å². The molecule has 0 saturated heterocycles. The molecule has 0 aliphatic carbocycles. The molecular formula is C22H18N2OS. The summed E-state index contributed by atoms with van der Waals surface area (Å²) in [5.41, 5.74) is 4.35. The summed E-state index contributed by atoms with van der Waals surface area (Å²) in [6.45, 7) is 2.09. The summed E-state index contributed by atoms with van der Waals surface area (Å²) in [5.74, 6) is 1.64. The molecule has 1 N–H and O–H groups in total. The maximum absolute atomic E-state index is 5.81. The van der Waals surface area contributed by atoms with Crippen LogP contribution in [0.2, 0.25) is 0 Å². The molecule has 1 heterocycles. The summed E-state index contributed by atoms with van der Waals surface area (Å²) in [6, 6.07) is 26.1. The van der Waals surface area contributed by atoms with Gasteiger partial charge in [-0.05, 0) is 43.3 Å². The number of benzene rings is 3. The molecule has 0 fully saturated rings. The number of ether oxygens (including phenoxy) is 1. The van der Waals surface area contributed by atoms with Gasteiger partial charge in [-0.1, -0.05) is 48.0 Å². The summed E-state index contributed by atoms with van der Waals surface area (Å²) < 4.78 is 5.81. The van der Waals surface area contributed by atoms with Crippen LogP contribution in [-0.4, -0.2) is 4.98 Å². The van der Waals surface area contributed by atoms with Gasteiger partial charge in [-0.25, -0.2) is 4.98 Å². The normalized spacial score (nSPS) is 10.5. The first-order valence-corrected chi connectivity index (χ1v) is 9.27. The average molecular weight is 358 g/mol. The van der Waals surface area contributed by atoms with Crippen molar-refractivity contribution >= 4 is 22.2 Å². The van der Waals surface area contributed by atoms with E-state index in [1.54, 1.807) is 11.3 Å². The topological polar surface area (TPSA) is 34.1 Å². The number of nitrogens with one attached hydrogen (secondary N) is 1. The van der Waals surface area contributed by atoms with Crippen molar-refractivity contribution in [3.63, 3.8) is 0 Å². The third kappa shape index (κ3) is 3.92. The molecule has 0 saturated carbocycles. The van der Waals surface area contributed by atoms with E-state index in [0.717, 1.165) is 33.6 Å². The zero-order valence-corrected chi connectivity index (χ0v) is 15.2. The van der Waals surface area contributed by atoms with Crippen LogP contribution in [0, 0.1) is 6.92 Å². The number of anilines is 2. The highest BCUT2D eigenvalue weighted by atomic mass is 32.1. The lowest BCUT2D eigenvalue weighted by Gasteiger charge is -2.07. The Hall–Kier alpha value is -3.11. The predicted molar refractivity (Wildman–Crippen MR) is 109 cm³/mol. The van der Waals surface area contributed by atoms with Gasteiger partial charge in [0.25, 0.3) is 0 Å². The van der Waals surface area contributed by atoms with Crippen LogP contribution in [-0.2, 0) is 0 Å². The number of thiazole rings is 1. The van der Waals surface area contributed by atoms with E-state index < -0.39 is 0 Å². The van der Waals surface area contributed by atoms with E-state index in [1.165, 1.54) is 5.56 Å². The molecule has 0 aliphatic rings. The number of hydrogen-bond donors (Lipinski definition) is 1. The van der Waals surface area contributed by atoms with Gasteiger partial charge < -0.3 is 10.1 Å². The molecule has 128 valence electrons. The van der Waals surface area contributed by atoms with Crippen LogP contribution in [0.3, 0.4) is 0 Å². The third-order valence-corrected chi connectivity index (χ3v) is 4.69. The van der Waals surface area contributed by atoms with Crippen molar-refractivity contribution in [2.24, 2.45) is 0 Å². The Morgan fingerprint density at radius 3 is 2.23 bits per heavy atom. The summed E-state index contributed by atoms with van der Waals surface area (Å²) in [7, 11) is 0. The highest BCUT2D eigenvalue weighted by Gasteiger charge is 2.05. The molecule has 3 aromatic carbocycles. The smallest absolute Gasteiger partial charge is 0.187 e. The van der Waals surface area contributed by atoms with Gasteiger partial charge in [0.15, 0.2) is 5.13 Å². The molecule has 4 rings (SSSR count). The fourth-order valence-electron chi connectivity index (χ4n) is 2.54. The second kappa shape index (κ2) is 7.42. The van der Waals surface area contributed by atoms with Crippen LogP contribution >= 0.6 is 11.3 Å². The largest absolute Gasteiger partial charge is 0.457 e. The van der Waals surface area contributed by atoms with Gasteiger partial charge in [0.05, 0.1) is 5.69 Å². The summed E-state index contributed by atoms with van der Waals surface area (Å²) >= 11 is 1.60. The van der Waals surface area contributed by atoms with E-state index >= 15 is 0 Å². The molecule has 4 aromatic rings. The van der Waals surface area contributed by atoms with Crippen LogP contribution in [0.1, 0.15) is 5.56 Å². The minimum absolute atomic E-state index is 0.807. The van der Waals surface area contributed by atoms with Gasteiger partial charge in [0.1, 0.15) is 11.5 Å². The Balaban J connectivity index is 1.44. The van der Waals surface area contributed by atoms with Crippen molar-refractivity contribution in [1.29, 1.82) is 0 Å². The van der Waals surface area contributed by atoms with Gasteiger partial charge in [-0.3, -0.25) is 0 Å². The Kier molecular flexibility index (Phi) is 4.67. The molecule has 1 aromatic heterocycles. The van der Waals surface area contributed by atoms with Crippen molar-refractivity contribution in [2.45, 2.75) is 6.92 Å². The second-order valence-corrected chi connectivity index (χ2v) is 6.83. The molecule has 0 aliphatic heterocycles. The van der Waals surface area contributed by atoms with Crippen molar-refractivity contribution in [3.05, 3.63) is 89.8 Å². The lowest BCUT2D eigenvalue weighted by molar-refractivity contribution is 0.483. The number of para-hydroxylation sites is 1. The monoisotopic (exact) mass is 358 g/mol. The SMILES string of the molecule is Cc1ccc(-c2csc(Nc3ccc(Oc4ccccc4)cc3)n2)cc1. The number of hydrogen-bond acceptors (Lipinski definition) is 4. The highest BCUT2D eigenvalue weighted by Crippen LogP contribution is 2.28. The molecule has 0 spiro atoms. The molecule has 3 nitrogen and oxygen atoms in total. The fraction of sp³-hybridized carbons (Fsp3) is 0.0455. The lowest BCUT2D eigenvalue weighted by atomic mass is 10.1. The van der Waals surface area contributed by atoms with Gasteiger partial charge in [0.2, 0.25) is 0 Å². The van der Waals surface area contributed by atoms with Crippen LogP contribution in [0.4, 0.5) is 10.8 Å². The fourth-order valence-corrected chi connectivity index (χ4v) is 3.28. The zero-order chi connectivity index (χ0) is 17.8. The molecule has 0 bridgehead atoms. The highest BCUT2D eigenvalue weighted by molar-refractivity contribution is 7.14. The number of aromatic nitrogens is 1. The second-order valence-electron chi connectivity index (χ2n) is 5.97. The minimum Gasteiger partial charge on any atom is -0.457 e. The van der Waals surface area contributed by atoms with Crippen LogP contribution in [0.5, 0.6) is 11.5 Å². The number of aryl methyl sites for hydroxylation is 1. The zero-order valence-electron chi connectivity index (χ0n) is 14.3. The Labute approximate surface area is 156 Å². The predicted octanol–water partition coefficient (Wildman–Crippen LogP) is 6.65. The number of rotatable bonds is 5. The van der Waals surface area contributed by atoms with Crippen LogP contribution in [0.25, 0.3) is 11.3 Å². The van der Waals surface area contributed by atoms with Gasteiger partial charge in [-0.2, -0.15) is 0 Å². The molecule has 0 atom stereocenters. The van der Waals surface area contributed by atoms with Crippen LogP contribution in [0.15, 0.2) is 84.2 Å². The van der Waals surface area contributed by atoms with E-state index in [2.05, 4.69) is 46.9 Å². The molecule has 0 unspecified atom stereocenters. The van der Waals surface area contributed by atoms with Crippen molar-refractivity contribution in [2.75, 3.05) is 5.32 Å².